The first-order valence-corrected chi connectivity index (χ1v) is 4.11. The molecule has 3 nitrogen and oxygen atoms in total. The first kappa shape index (κ1) is 9.67. The molecule has 0 unspecified atom stereocenters. The lowest BCUT2D eigenvalue weighted by Gasteiger charge is -1.98. The van der Waals surface area contributed by atoms with Gasteiger partial charge in [0.15, 0.2) is 5.11 Å². The van der Waals surface area contributed by atoms with Gasteiger partial charge in [-0.05, 0) is 42.0 Å². The van der Waals surface area contributed by atoms with Crippen molar-refractivity contribution in [2.45, 2.75) is 0 Å². The third-order valence-electron chi connectivity index (χ3n) is 1.46. The van der Waals surface area contributed by atoms with Crippen LogP contribution in [0.25, 0.3) is 0 Å². The minimum absolute atomic E-state index is 0.135. The molecule has 0 aliphatic heterocycles. The fourth-order valence-corrected chi connectivity index (χ4v) is 0.881. The molecule has 0 fully saturated rings. The molecular weight excluding hydrogens is 184 g/mol. The van der Waals surface area contributed by atoms with Crippen molar-refractivity contribution in [2.75, 3.05) is 7.11 Å². The summed E-state index contributed by atoms with van der Waals surface area (Å²) < 4.78 is 5.00. The van der Waals surface area contributed by atoms with Crippen molar-refractivity contribution < 1.29 is 4.74 Å². The number of nitrogens with zero attached hydrogens (tertiary/aromatic N) is 1. The number of methoxy groups -OCH3 is 1. The second kappa shape index (κ2) is 4.57. The summed E-state index contributed by atoms with van der Waals surface area (Å²) in [6.45, 7) is 0. The predicted octanol–water partition coefficient (Wildman–Crippen LogP) is 1.36. The summed E-state index contributed by atoms with van der Waals surface area (Å²) in [6, 6.07) is 7.45. The molecule has 1 aromatic rings. The average molecular weight is 194 g/mol. The Morgan fingerprint density at radius 1 is 1.46 bits per heavy atom. The van der Waals surface area contributed by atoms with Gasteiger partial charge < -0.3 is 10.5 Å². The van der Waals surface area contributed by atoms with Crippen LogP contribution >= 0.6 is 12.2 Å². The van der Waals surface area contributed by atoms with Gasteiger partial charge in [0.25, 0.3) is 0 Å². The van der Waals surface area contributed by atoms with Crippen molar-refractivity contribution >= 4 is 23.5 Å². The van der Waals surface area contributed by atoms with E-state index in [0.717, 1.165) is 11.3 Å². The van der Waals surface area contributed by atoms with E-state index in [-0.39, 0.29) is 5.11 Å². The standard InChI is InChI=1S/C9H10N2OS/c1-12-8-4-2-7(3-5-8)6-11-9(10)13/h2-6H,1H3,(H2,10,13). The van der Waals surface area contributed by atoms with Crippen LogP contribution in [-0.4, -0.2) is 18.4 Å². The van der Waals surface area contributed by atoms with Gasteiger partial charge in [-0.25, -0.2) is 4.99 Å². The van der Waals surface area contributed by atoms with Crippen LogP contribution in [-0.2, 0) is 0 Å². The maximum atomic E-state index is 5.21. The van der Waals surface area contributed by atoms with Crippen LogP contribution in [0, 0.1) is 0 Å². The summed E-state index contributed by atoms with van der Waals surface area (Å²) in [6.07, 6.45) is 1.61. The van der Waals surface area contributed by atoms with E-state index in [1.165, 1.54) is 0 Å². The third-order valence-corrected chi connectivity index (χ3v) is 1.56. The van der Waals surface area contributed by atoms with Crippen molar-refractivity contribution in [3.8, 4) is 5.75 Å². The molecule has 2 N–H and O–H groups in total. The summed E-state index contributed by atoms with van der Waals surface area (Å²) in [5, 5.41) is 0.135. The van der Waals surface area contributed by atoms with Crippen molar-refractivity contribution in [3.63, 3.8) is 0 Å². The van der Waals surface area contributed by atoms with Crippen molar-refractivity contribution in [3.05, 3.63) is 29.8 Å². The van der Waals surface area contributed by atoms with E-state index in [0.29, 0.717) is 0 Å². The van der Waals surface area contributed by atoms with Crippen LogP contribution < -0.4 is 10.5 Å². The van der Waals surface area contributed by atoms with Crippen LogP contribution in [0.3, 0.4) is 0 Å². The number of thiocarbonyl (C=S) groups is 1. The SMILES string of the molecule is COc1ccc(C=NC(N)=S)cc1. The Morgan fingerprint density at radius 3 is 2.54 bits per heavy atom. The molecule has 0 saturated heterocycles. The van der Waals surface area contributed by atoms with E-state index >= 15 is 0 Å². The highest BCUT2D eigenvalue weighted by molar-refractivity contribution is 7.80. The first-order chi connectivity index (χ1) is 6.22. The molecule has 0 atom stereocenters. The van der Waals surface area contributed by atoms with Crippen molar-refractivity contribution in [2.24, 2.45) is 10.7 Å². The first-order valence-electron chi connectivity index (χ1n) is 3.70. The highest BCUT2D eigenvalue weighted by atomic mass is 32.1. The van der Waals surface area contributed by atoms with E-state index in [9.17, 15) is 0 Å². The van der Waals surface area contributed by atoms with Gasteiger partial charge in [0.05, 0.1) is 7.11 Å². The lowest BCUT2D eigenvalue weighted by atomic mass is 10.2. The Morgan fingerprint density at radius 2 is 2.08 bits per heavy atom. The van der Waals surface area contributed by atoms with Gasteiger partial charge in [-0.2, -0.15) is 0 Å². The maximum Gasteiger partial charge on any atom is 0.190 e. The molecule has 1 aromatic carbocycles. The van der Waals surface area contributed by atoms with E-state index in [2.05, 4.69) is 17.2 Å². The van der Waals surface area contributed by atoms with Gasteiger partial charge in [0.1, 0.15) is 5.75 Å². The monoisotopic (exact) mass is 194 g/mol. The number of aliphatic imine (C=N–C) groups is 1. The highest BCUT2D eigenvalue weighted by Crippen LogP contribution is 2.09. The van der Waals surface area contributed by atoms with Crippen LogP contribution in [0.15, 0.2) is 29.3 Å². The zero-order chi connectivity index (χ0) is 9.68. The molecule has 0 radical (unpaired) electrons. The van der Waals surface area contributed by atoms with E-state index < -0.39 is 0 Å². The summed E-state index contributed by atoms with van der Waals surface area (Å²) in [7, 11) is 1.62. The summed E-state index contributed by atoms with van der Waals surface area (Å²) in [5.41, 5.74) is 6.14. The Labute approximate surface area is 82.2 Å². The smallest absolute Gasteiger partial charge is 0.190 e. The van der Waals surface area contributed by atoms with E-state index in [4.69, 9.17) is 10.5 Å². The Hall–Kier alpha value is -1.42. The molecule has 1 rings (SSSR count). The highest BCUT2D eigenvalue weighted by Gasteiger charge is 1.90. The van der Waals surface area contributed by atoms with E-state index in [1.807, 2.05) is 24.3 Å². The number of hydrogen-bond donors (Lipinski definition) is 1. The minimum atomic E-state index is 0.135. The minimum Gasteiger partial charge on any atom is -0.497 e. The molecule has 0 aliphatic rings. The van der Waals surface area contributed by atoms with E-state index in [1.54, 1.807) is 13.3 Å². The molecular formula is C9H10N2OS. The number of nitrogens with two attached hydrogens (primary N) is 1. The van der Waals surface area contributed by atoms with Crippen molar-refractivity contribution in [1.29, 1.82) is 0 Å². The number of benzene rings is 1. The van der Waals surface area contributed by atoms with Crippen LogP contribution in [0.1, 0.15) is 5.56 Å². The van der Waals surface area contributed by atoms with Gasteiger partial charge in [-0.15, -0.1) is 0 Å². The lowest BCUT2D eigenvalue weighted by Crippen LogP contribution is -2.03. The molecule has 0 heterocycles. The normalized spacial score (nSPS) is 10.2. The fraction of sp³-hybridized carbons (Fsp3) is 0.111. The van der Waals surface area contributed by atoms with Gasteiger partial charge in [-0.3, -0.25) is 0 Å². The van der Waals surface area contributed by atoms with Crippen LogP contribution in [0.2, 0.25) is 0 Å². The average Bonchev–Trinajstić information content (AvgIpc) is 2.15. The van der Waals surface area contributed by atoms with Gasteiger partial charge in [0.2, 0.25) is 0 Å². The molecule has 68 valence electrons. The zero-order valence-corrected chi connectivity index (χ0v) is 8.04. The largest absolute Gasteiger partial charge is 0.497 e. The molecule has 0 aromatic heterocycles. The topological polar surface area (TPSA) is 47.6 Å². The molecule has 4 heteroatoms. The fourth-order valence-electron chi connectivity index (χ4n) is 0.828. The molecule has 0 amide bonds. The summed E-state index contributed by atoms with van der Waals surface area (Å²) in [4.78, 5) is 3.79. The zero-order valence-electron chi connectivity index (χ0n) is 7.23. The molecule has 0 bridgehead atoms. The number of hydrogen-bond acceptors (Lipinski definition) is 2. The summed E-state index contributed by atoms with van der Waals surface area (Å²) >= 11 is 4.60. The molecule has 13 heavy (non-hydrogen) atoms. The van der Waals surface area contributed by atoms with Crippen LogP contribution in [0.4, 0.5) is 0 Å². The Kier molecular flexibility index (Phi) is 3.40. The van der Waals surface area contributed by atoms with Crippen LogP contribution in [0.5, 0.6) is 5.75 Å². The van der Waals surface area contributed by atoms with Crippen molar-refractivity contribution in [1.82, 2.24) is 0 Å². The lowest BCUT2D eigenvalue weighted by molar-refractivity contribution is 0.415. The van der Waals surface area contributed by atoms with Gasteiger partial charge in [0, 0.05) is 6.21 Å². The third kappa shape index (κ3) is 3.21. The number of ether oxygens (including phenoxy) is 1. The second-order valence-corrected chi connectivity index (χ2v) is 2.79. The van der Waals surface area contributed by atoms with Gasteiger partial charge in [-0.1, -0.05) is 0 Å². The summed E-state index contributed by atoms with van der Waals surface area (Å²) in [5.74, 6) is 0.812. The molecule has 0 aliphatic carbocycles. The Bertz CT molecular complexity index is 319. The second-order valence-electron chi connectivity index (χ2n) is 2.37. The Balaban J connectivity index is 2.75. The molecule has 0 spiro atoms. The predicted molar refractivity (Wildman–Crippen MR) is 57.4 cm³/mol. The molecule has 0 saturated carbocycles. The quantitative estimate of drug-likeness (QED) is 0.571. The van der Waals surface area contributed by atoms with Gasteiger partial charge >= 0.3 is 0 Å². The number of rotatable bonds is 2. The maximum absolute atomic E-state index is 5.21.